The number of aliphatic carboxylic acids is 1. The van der Waals surface area contributed by atoms with E-state index in [4.69, 9.17) is 16.7 Å². The molecule has 0 bridgehead atoms. The van der Waals surface area contributed by atoms with Crippen molar-refractivity contribution < 1.29 is 23.1 Å². The van der Waals surface area contributed by atoms with Crippen LogP contribution < -0.4 is 0 Å². The molecule has 8 heteroatoms. The van der Waals surface area contributed by atoms with Crippen molar-refractivity contribution in [3.63, 3.8) is 0 Å². The van der Waals surface area contributed by atoms with Crippen molar-refractivity contribution in [1.29, 1.82) is 0 Å². The Bertz CT molecular complexity index is 766. The Kier molecular flexibility index (Phi) is 4.34. The standard InChI is InChI=1S/C16H18ClNO5S/c17-11-1-3-12(4-2-11)24(22,23)10-14(19)18-7-5-16(6-8-18)9-13(16)15(20)21/h1-4,13H,5-10H2,(H,20,21). The zero-order valence-electron chi connectivity index (χ0n) is 12.9. The highest BCUT2D eigenvalue weighted by molar-refractivity contribution is 7.92. The molecule has 1 saturated carbocycles. The lowest BCUT2D eigenvalue weighted by molar-refractivity contribution is -0.139. The molecule has 1 aliphatic carbocycles. The van der Waals surface area contributed by atoms with Crippen molar-refractivity contribution in [2.75, 3.05) is 18.8 Å². The van der Waals surface area contributed by atoms with Gasteiger partial charge in [-0.3, -0.25) is 9.59 Å². The summed E-state index contributed by atoms with van der Waals surface area (Å²) in [4.78, 5) is 24.9. The minimum Gasteiger partial charge on any atom is -0.481 e. The number of carbonyl (C=O) groups is 2. The van der Waals surface area contributed by atoms with E-state index in [1.165, 1.54) is 29.2 Å². The summed E-state index contributed by atoms with van der Waals surface area (Å²) < 4.78 is 24.6. The largest absolute Gasteiger partial charge is 0.481 e. The fourth-order valence-corrected chi connectivity index (χ4v) is 4.78. The second-order valence-electron chi connectivity index (χ2n) is 6.55. The minimum absolute atomic E-state index is 0.0712. The molecule has 2 fully saturated rings. The topological polar surface area (TPSA) is 91.8 Å². The van der Waals surface area contributed by atoms with E-state index in [2.05, 4.69) is 0 Å². The van der Waals surface area contributed by atoms with Crippen LogP contribution in [-0.2, 0) is 19.4 Å². The zero-order chi connectivity index (χ0) is 17.5. The number of amides is 1. The van der Waals surface area contributed by atoms with Crippen LogP contribution in [0.1, 0.15) is 19.3 Å². The highest BCUT2D eigenvalue weighted by Crippen LogP contribution is 2.59. The summed E-state index contributed by atoms with van der Waals surface area (Å²) in [7, 11) is -3.71. The van der Waals surface area contributed by atoms with Gasteiger partial charge in [0.15, 0.2) is 9.84 Å². The maximum Gasteiger partial charge on any atom is 0.307 e. The van der Waals surface area contributed by atoms with Crippen LogP contribution in [0, 0.1) is 11.3 Å². The Morgan fingerprint density at radius 2 is 1.79 bits per heavy atom. The molecule has 6 nitrogen and oxygen atoms in total. The number of hydrogen-bond acceptors (Lipinski definition) is 4. The Labute approximate surface area is 145 Å². The summed E-state index contributed by atoms with van der Waals surface area (Å²) in [6, 6.07) is 5.72. The summed E-state index contributed by atoms with van der Waals surface area (Å²) in [6.45, 7) is 0.831. The molecule has 3 rings (SSSR count). The van der Waals surface area contributed by atoms with Gasteiger partial charge in [-0.2, -0.15) is 0 Å². The number of carboxylic acid groups (broad SMARTS) is 1. The first-order valence-electron chi connectivity index (χ1n) is 7.72. The average molecular weight is 372 g/mol. The lowest BCUT2D eigenvalue weighted by Gasteiger charge is -2.32. The van der Waals surface area contributed by atoms with Gasteiger partial charge >= 0.3 is 5.97 Å². The maximum atomic E-state index is 12.3. The van der Waals surface area contributed by atoms with Crippen LogP contribution in [0.5, 0.6) is 0 Å². The van der Waals surface area contributed by atoms with Crippen molar-refractivity contribution in [3.05, 3.63) is 29.3 Å². The molecule has 1 atom stereocenters. The first-order chi connectivity index (χ1) is 11.2. The SMILES string of the molecule is O=C(O)C1CC12CCN(C(=O)CS(=O)(=O)c1ccc(Cl)cc1)CC2. The predicted octanol–water partition coefficient (Wildman–Crippen LogP) is 1.83. The van der Waals surface area contributed by atoms with Gasteiger partial charge in [0.2, 0.25) is 5.91 Å². The van der Waals surface area contributed by atoms with Crippen LogP contribution in [0.2, 0.25) is 5.02 Å². The number of piperidine rings is 1. The number of rotatable bonds is 4. The van der Waals surface area contributed by atoms with Crippen molar-refractivity contribution >= 4 is 33.3 Å². The van der Waals surface area contributed by atoms with Gasteiger partial charge in [0.1, 0.15) is 5.75 Å². The van der Waals surface area contributed by atoms with Gasteiger partial charge in [-0.25, -0.2) is 8.42 Å². The third-order valence-corrected chi connectivity index (χ3v) is 6.96. The Morgan fingerprint density at radius 3 is 2.29 bits per heavy atom. The molecule has 1 aromatic rings. The van der Waals surface area contributed by atoms with Crippen molar-refractivity contribution in [1.82, 2.24) is 4.90 Å². The second kappa shape index (κ2) is 6.04. The highest BCUT2D eigenvalue weighted by atomic mass is 35.5. The van der Waals surface area contributed by atoms with Crippen LogP contribution in [0.3, 0.4) is 0 Å². The fourth-order valence-electron chi connectivity index (χ4n) is 3.43. The summed E-state index contributed by atoms with van der Waals surface area (Å²) in [6.07, 6.45) is 1.90. The first kappa shape index (κ1) is 17.2. The van der Waals surface area contributed by atoms with Crippen LogP contribution in [0.25, 0.3) is 0 Å². The van der Waals surface area contributed by atoms with Gasteiger partial charge < -0.3 is 10.0 Å². The van der Waals surface area contributed by atoms with Gasteiger partial charge in [0.05, 0.1) is 10.8 Å². The molecule has 0 radical (unpaired) electrons. The lowest BCUT2D eigenvalue weighted by atomic mass is 9.91. The number of benzene rings is 1. The monoisotopic (exact) mass is 371 g/mol. The van der Waals surface area contributed by atoms with Crippen molar-refractivity contribution in [2.24, 2.45) is 11.3 Å². The third-order valence-electron chi connectivity index (χ3n) is 5.09. The van der Waals surface area contributed by atoms with Gasteiger partial charge in [-0.15, -0.1) is 0 Å². The van der Waals surface area contributed by atoms with E-state index in [9.17, 15) is 18.0 Å². The fraction of sp³-hybridized carbons (Fsp3) is 0.500. The second-order valence-corrected chi connectivity index (χ2v) is 8.98. The van der Waals surface area contributed by atoms with E-state index in [0.29, 0.717) is 37.4 Å². The number of hydrogen-bond donors (Lipinski definition) is 1. The predicted molar refractivity (Wildman–Crippen MR) is 87.5 cm³/mol. The number of halogens is 1. The molecular weight excluding hydrogens is 354 g/mol. The van der Waals surface area contributed by atoms with Gasteiger partial charge in [0.25, 0.3) is 0 Å². The number of carbonyl (C=O) groups excluding carboxylic acids is 1. The van der Waals surface area contributed by atoms with E-state index in [-0.39, 0.29) is 16.2 Å². The highest BCUT2D eigenvalue weighted by Gasteiger charge is 2.59. The normalized spacial score (nSPS) is 22.4. The quantitative estimate of drug-likeness (QED) is 0.871. The van der Waals surface area contributed by atoms with Crippen LogP contribution in [0.4, 0.5) is 0 Å². The average Bonchev–Trinajstić information content (AvgIpc) is 3.22. The summed E-state index contributed by atoms with van der Waals surface area (Å²) in [5, 5.41) is 9.50. The molecule has 1 spiro atoms. The molecule has 1 saturated heterocycles. The number of carboxylic acids is 1. The molecule has 1 amide bonds. The van der Waals surface area contributed by atoms with E-state index in [1.54, 1.807) is 0 Å². The number of nitrogens with zero attached hydrogens (tertiary/aromatic N) is 1. The molecule has 130 valence electrons. The van der Waals surface area contributed by atoms with Crippen molar-refractivity contribution in [2.45, 2.75) is 24.2 Å². The molecular formula is C16H18ClNO5S. The Morgan fingerprint density at radius 1 is 1.21 bits per heavy atom. The van der Waals surface area contributed by atoms with Gasteiger partial charge in [-0.1, -0.05) is 11.6 Å². The minimum atomic E-state index is -3.71. The maximum absolute atomic E-state index is 12.3. The summed E-state index contributed by atoms with van der Waals surface area (Å²) >= 11 is 5.74. The molecule has 1 N–H and O–H groups in total. The van der Waals surface area contributed by atoms with Crippen LogP contribution in [0.15, 0.2) is 29.2 Å². The van der Waals surface area contributed by atoms with E-state index in [0.717, 1.165) is 0 Å². The lowest BCUT2D eigenvalue weighted by Crippen LogP contribution is -2.42. The van der Waals surface area contributed by atoms with Crippen LogP contribution in [-0.4, -0.2) is 49.1 Å². The van der Waals surface area contributed by atoms with Crippen LogP contribution >= 0.6 is 11.6 Å². The first-order valence-corrected chi connectivity index (χ1v) is 9.75. The summed E-state index contributed by atoms with van der Waals surface area (Å²) in [5.41, 5.74) is -0.183. The Balaban J connectivity index is 1.60. The van der Waals surface area contributed by atoms with Gasteiger partial charge in [-0.05, 0) is 48.9 Å². The summed E-state index contributed by atoms with van der Waals surface area (Å²) in [5.74, 6) is -2.11. The zero-order valence-corrected chi connectivity index (χ0v) is 14.5. The molecule has 1 heterocycles. The molecule has 0 aromatic heterocycles. The molecule has 1 aliphatic heterocycles. The third kappa shape index (κ3) is 3.28. The van der Waals surface area contributed by atoms with Gasteiger partial charge in [0, 0.05) is 18.1 Å². The Hall–Kier alpha value is -1.60. The number of likely N-dealkylation sites (tertiary alicyclic amines) is 1. The molecule has 1 aromatic carbocycles. The molecule has 1 unspecified atom stereocenters. The number of sulfone groups is 1. The van der Waals surface area contributed by atoms with Crippen molar-refractivity contribution in [3.8, 4) is 0 Å². The van der Waals surface area contributed by atoms with E-state index >= 15 is 0 Å². The smallest absolute Gasteiger partial charge is 0.307 e. The van der Waals surface area contributed by atoms with E-state index < -0.39 is 27.5 Å². The molecule has 24 heavy (non-hydrogen) atoms. The van der Waals surface area contributed by atoms with E-state index in [1.807, 2.05) is 0 Å². The molecule has 2 aliphatic rings.